The molecule has 0 aliphatic heterocycles. The molecule has 1 aromatic carbocycles. The fourth-order valence-corrected chi connectivity index (χ4v) is 2.44. The van der Waals surface area contributed by atoms with Crippen molar-refractivity contribution >= 4 is 21.7 Å². The molecule has 0 fully saturated rings. The van der Waals surface area contributed by atoms with Crippen molar-refractivity contribution in [1.82, 2.24) is 9.88 Å². The van der Waals surface area contributed by atoms with E-state index in [1.165, 1.54) is 5.56 Å². The normalized spacial score (nSPS) is 10.8. The smallest absolute Gasteiger partial charge is 0.128 e. The number of halogens is 1. The number of rotatable bonds is 6. The summed E-state index contributed by atoms with van der Waals surface area (Å²) in [6, 6.07) is 14.5. The Morgan fingerprint density at radius 1 is 1.05 bits per heavy atom. The van der Waals surface area contributed by atoms with Gasteiger partial charge in [-0.3, -0.25) is 0 Å². The lowest BCUT2D eigenvalue weighted by molar-refractivity contribution is 0.412. The second kappa shape index (κ2) is 7.41. The van der Waals surface area contributed by atoms with E-state index in [9.17, 15) is 0 Å². The summed E-state index contributed by atoms with van der Waals surface area (Å²) in [4.78, 5) is 8.97. The molecule has 3 nitrogen and oxygen atoms in total. The summed E-state index contributed by atoms with van der Waals surface area (Å²) in [6.45, 7) is 2.82. The van der Waals surface area contributed by atoms with Gasteiger partial charge in [-0.2, -0.15) is 0 Å². The molecule has 1 heterocycles. The molecule has 106 valence electrons. The molecule has 1 aromatic heterocycles. The molecule has 0 aliphatic carbocycles. The molecule has 2 rings (SSSR count). The minimum atomic E-state index is 0.865. The van der Waals surface area contributed by atoms with E-state index in [1.807, 2.05) is 18.3 Å². The molecule has 0 amide bonds. The van der Waals surface area contributed by atoms with E-state index >= 15 is 0 Å². The molecule has 0 saturated carbocycles. The summed E-state index contributed by atoms with van der Waals surface area (Å²) < 4.78 is 1.11. The fraction of sp³-hybridized carbons (Fsp3) is 0.312. The largest absolute Gasteiger partial charge is 0.351 e. The number of aromatic nitrogens is 1. The number of likely N-dealkylation sites (N-methyl/N-ethyl adjacent to an activating group) is 1. The van der Waals surface area contributed by atoms with Gasteiger partial charge in [0.15, 0.2) is 0 Å². The first-order valence-electron chi connectivity index (χ1n) is 6.70. The summed E-state index contributed by atoms with van der Waals surface area (Å²) in [5, 5.41) is 0. The third-order valence-electron chi connectivity index (χ3n) is 3.05. The van der Waals surface area contributed by atoms with E-state index in [-0.39, 0.29) is 0 Å². The molecule has 0 saturated heterocycles. The zero-order chi connectivity index (χ0) is 14.4. The third-order valence-corrected chi connectivity index (χ3v) is 3.55. The van der Waals surface area contributed by atoms with Crippen molar-refractivity contribution in [2.24, 2.45) is 0 Å². The maximum atomic E-state index is 4.47. The Bertz CT molecular complexity index is 528. The Morgan fingerprint density at radius 2 is 1.90 bits per heavy atom. The van der Waals surface area contributed by atoms with Gasteiger partial charge in [0.05, 0.1) is 0 Å². The van der Waals surface area contributed by atoms with Crippen molar-refractivity contribution < 1.29 is 0 Å². The predicted octanol–water partition coefficient (Wildman–Crippen LogP) is 3.41. The van der Waals surface area contributed by atoms with E-state index in [2.05, 4.69) is 75.1 Å². The number of hydrogen-bond donors (Lipinski definition) is 0. The standard InChI is InChI=1S/C16H20BrN3/c1-19(2)10-11-20(16-8-3-4-9-18-16)13-14-6-5-7-15(17)12-14/h3-9,12H,10-11,13H2,1-2H3. The molecule has 0 radical (unpaired) electrons. The molecule has 0 unspecified atom stereocenters. The summed E-state index contributed by atoms with van der Waals surface area (Å²) in [6.07, 6.45) is 1.85. The second-order valence-corrected chi connectivity index (χ2v) is 5.96. The van der Waals surface area contributed by atoms with E-state index in [0.29, 0.717) is 0 Å². The van der Waals surface area contributed by atoms with Crippen LogP contribution in [0.4, 0.5) is 5.82 Å². The van der Waals surface area contributed by atoms with Gasteiger partial charge in [-0.05, 0) is 43.9 Å². The Morgan fingerprint density at radius 3 is 2.55 bits per heavy atom. The van der Waals surface area contributed by atoms with Gasteiger partial charge in [0.1, 0.15) is 5.82 Å². The Labute approximate surface area is 129 Å². The maximum Gasteiger partial charge on any atom is 0.128 e. The average molecular weight is 334 g/mol. The van der Waals surface area contributed by atoms with Crippen LogP contribution in [0, 0.1) is 0 Å². The predicted molar refractivity (Wildman–Crippen MR) is 88.0 cm³/mol. The lowest BCUT2D eigenvalue weighted by atomic mass is 10.2. The van der Waals surface area contributed by atoms with Crippen molar-refractivity contribution in [2.75, 3.05) is 32.1 Å². The number of pyridine rings is 1. The van der Waals surface area contributed by atoms with Crippen molar-refractivity contribution in [1.29, 1.82) is 0 Å². The van der Waals surface area contributed by atoms with Gasteiger partial charge in [-0.1, -0.05) is 34.1 Å². The fourth-order valence-electron chi connectivity index (χ4n) is 1.99. The van der Waals surface area contributed by atoms with Crippen LogP contribution in [0.3, 0.4) is 0 Å². The zero-order valence-corrected chi connectivity index (χ0v) is 13.5. The molecule has 0 N–H and O–H groups in total. The van der Waals surface area contributed by atoms with Gasteiger partial charge in [0.2, 0.25) is 0 Å². The summed E-state index contributed by atoms with van der Waals surface area (Å²) in [5.41, 5.74) is 1.28. The molecule has 4 heteroatoms. The molecule has 2 aromatic rings. The van der Waals surface area contributed by atoms with E-state index in [4.69, 9.17) is 0 Å². The highest BCUT2D eigenvalue weighted by Crippen LogP contribution is 2.17. The van der Waals surface area contributed by atoms with Crippen LogP contribution in [0.1, 0.15) is 5.56 Å². The quantitative estimate of drug-likeness (QED) is 0.807. The topological polar surface area (TPSA) is 19.4 Å². The number of benzene rings is 1. The molecule has 0 bridgehead atoms. The van der Waals surface area contributed by atoms with Crippen molar-refractivity contribution in [3.05, 3.63) is 58.7 Å². The van der Waals surface area contributed by atoms with Gasteiger partial charge < -0.3 is 9.80 Å². The molecular weight excluding hydrogens is 314 g/mol. The van der Waals surface area contributed by atoms with Crippen molar-refractivity contribution in [3.63, 3.8) is 0 Å². The first-order chi connectivity index (χ1) is 9.65. The molecule has 0 aliphatic rings. The van der Waals surface area contributed by atoms with Crippen LogP contribution in [0.25, 0.3) is 0 Å². The lowest BCUT2D eigenvalue weighted by Gasteiger charge is -2.25. The summed E-state index contributed by atoms with van der Waals surface area (Å²) in [7, 11) is 4.19. The van der Waals surface area contributed by atoms with Crippen LogP contribution in [0.5, 0.6) is 0 Å². The van der Waals surface area contributed by atoms with Crippen LogP contribution in [0.2, 0.25) is 0 Å². The lowest BCUT2D eigenvalue weighted by Crippen LogP contribution is -2.31. The molecular formula is C16H20BrN3. The van der Waals surface area contributed by atoms with Gasteiger partial charge in [-0.15, -0.1) is 0 Å². The summed E-state index contributed by atoms with van der Waals surface area (Å²) in [5.74, 6) is 1.02. The van der Waals surface area contributed by atoms with Crippen molar-refractivity contribution in [3.8, 4) is 0 Å². The zero-order valence-electron chi connectivity index (χ0n) is 12.0. The molecule has 0 atom stereocenters. The van der Waals surface area contributed by atoms with Crippen LogP contribution >= 0.6 is 15.9 Å². The highest BCUT2D eigenvalue weighted by Gasteiger charge is 2.09. The first kappa shape index (κ1) is 15.0. The number of anilines is 1. The minimum absolute atomic E-state index is 0.865. The van der Waals surface area contributed by atoms with Gasteiger partial charge in [0.25, 0.3) is 0 Å². The van der Waals surface area contributed by atoms with Crippen LogP contribution < -0.4 is 4.90 Å². The minimum Gasteiger partial charge on any atom is -0.351 e. The monoisotopic (exact) mass is 333 g/mol. The highest BCUT2D eigenvalue weighted by atomic mass is 79.9. The Hall–Kier alpha value is -1.39. The maximum absolute atomic E-state index is 4.47. The first-order valence-corrected chi connectivity index (χ1v) is 7.49. The molecule has 20 heavy (non-hydrogen) atoms. The van der Waals surface area contributed by atoms with E-state index in [0.717, 1.165) is 29.9 Å². The van der Waals surface area contributed by atoms with Crippen LogP contribution in [0.15, 0.2) is 53.1 Å². The second-order valence-electron chi connectivity index (χ2n) is 5.04. The van der Waals surface area contributed by atoms with E-state index in [1.54, 1.807) is 0 Å². The number of hydrogen-bond acceptors (Lipinski definition) is 3. The number of nitrogens with zero attached hydrogens (tertiary/aromatic N) is 3. The van der Waals surface area contributed by atoms with Crippen molar-refractivity contribution in [2.45, 2.75) is 6.54 Å². The highest BCUT2D eigenvalue weighted by molar-refractivity contribution is 9.10. The van der Waals surface area contributed by atoms with Gasteiger partial charge in [0, 0.05) is 30.3 Å². The SMILES string of the molecule is CN(C)CCN(Cc1cccc(Br)c1)c1ccccn1. The van der Waals surface area contributed by atoms with Gasteiger partial charge in [-0.25, -0.2) is 4.98 Å². The average Bonchev–Trinajstić information content (AvgIpc) is 2.44. The van der Waals surface area contributed by atoms with Crippen LogP contribution in [-0.4, -0.2) is 37.1 Å². The van der Waals surface area contributed by atoms with Crippen LogP contribution in [-0.2, 0) is 6.54 Å². The molecule has 0 spiro atoms. The Kier molecular flexibility index (Phi) is 5.56. The third kappa shape index (κ3) is 4.62. The summed E-state index contributed by atoms with van der Waals surface area (Å²) >= 11 is 3.53. The van der Waals surface area contributed by atoms with E-state index < -0.39 is 0 Å². The van der Waals surface area contributed by atoms with Gasteiger partial charge >= 0.3 is 0 Å². The Balaban J connectivity index is 2.14.